The molecule has 1 unspecified atom stereocenters. The van der Waals surface area contributed by atoms with Crippen LogP contribution in [0.4, 0.5) is 0 Å². The molecule has 3 fully saturated rings. The SMILES string of the molecule is C=CC[C@@H]1/C=C(\C)C[C@H](C)C[C@H](OC)C2O[C@@](O)(C(=O)C(=O)N3CCCC[C@H]3C(=O)O[C@H](/C(C)=C/[C@@H]3CC[C@@H](OC(=O)CCC)[C@H](OC)C3)[C@H](C)[C@@H](O)CC1=O)[C@H](C)C[C@@H]2OC. The van der Waals surface area contributed by atoms with Crippen molar-refractivity contribution in [2.75, 3.05) is 27.9 Å². The molecule has 0 aromatic heterocycles. The van der Waals surface area contributed by atoms with Crippen LogP contribution in [0.2, 0.25) is 0 Å². The van der Waals surface area contributed by atoms with Crippen LogP contribution in [0, 0.1) is 29.6 Å². The lowest BCUT2D eigenvalue weighted by Crippen LogP contribution is -2.64. The van der Waals surface area contributed by atoms with Crippen molar-refractivity contribution in [3.8, 4) is 0 Å². The van der Waals surface area contributed by atoms with Gasteiger partial charge in [-0.05, 0) is 102 Å². The largest absolute Gasteiger partial charge is 0.460 e. The summed E-state index contributed by atoms with van der Waals surface area (Å²) >= 11 is 0. The van der Waals surface area contributed by atoms with E-state index in [1.807, 2.05) is 39.8 Å². The van der Waals surface area contributed by atoms with Crippen LogP contribution >= 0.6 is 0 Å². The number of aliphatic hydroxyl groups excluding tert-OH is 1. The first-order valence-corrected chi connectivity index (χ1v) is 22.8. The van der Waals surface area contributed by atoms with E-state index in [0.717, 1.165) is 5.57 Å². The van der Waals surface area contributed by atoms with Gasteiger partial charge in [0.25, 0.3) is 11.7 Å². The third kappa shape index (κ3) is 12.7. The van der Waals surface area contributed by atoms with Gasteiger partial charge >= 0.3 is 11.9 Å². The number of esters is 2. The minimum atomic E-state index is -2.52. The number of piperidine rings is 1. The molecule has 0 aromatic carbocycles. The van der Waals surface area contributed by atoms with Crippen molar-refractivity contribution in [1.29, 1.82) is 0 Å². The lowest BCUT2D eigenvalue weighted by molar-refractivity contribution is -0.302. The Labute approximate surface area is 369 Å². The summed E-state index contributed by atoms with van der Waals surface area (Å²) in [6, 6.07) is -1.16. The highest BCUT2D eigenvalue weighted by molar-refractivity contribution is 6.39. The van der Waals surface area contributed by atoms with Crippen LogP contribution in [0.25, 0.3) is 0 Å². The fraction of sp³-hybridized carbons (Fsp3) is 0.771. The van der Waals surface area contributed by atoms with Crippen molar-refractivity contribution in [3.05, 3.63) is 36.0 Å². The van der Waals surface area contributed by atoms with E-state index in [2.05, 4.69) is 6.58 Å². The normalized spacial score (nSPS) is 38.5. The molecule has 1 aliphatic carbocycles. The first-order valence-electron chi connectivity index (χ1n) is 22.8. The Bertz CT molecular complexity index is 1630. The number of cyclic esters (lactones) is 1. The van der Waals surface area contributed by atoms with Gasteiger partial charge in [-0.25, -0.2) is 4.79 Å². The monoisotopic (exact) mass is 874 g/mol. The summed E-state index contributed by atoms with van der Waals surface area (Å²) in [5, 5.41) is 23.9. The number of fused-ring (bicyclic) bond motifs is 3. The standard InChI is InChI=1S/C48H75NO13/c1-11-15-34-22-28(3)21-29(4)23-40(58-9)44-41(59-10)25-31(6)48(56,62-44)45(53)46(54)49-20-14-13-17-35(49)47(55)61-43(32(7)36(50)27-37(34)51)30(5)24-33-18-19-38(39(26-33)57-8)60-42(52)16-12-2/h11,22,24,29,31-36,38-41,43-44,50,56H,1,12-21,23,25-27H2,2-10H3/b28-22+,30-24+/t29-,31+,32+,33-,34+,35-,36-,38+,39+,40-,41-,43+,44?,48+/m0/s1. The van der Waals surface area contributed by atoms with E-state index in [4.69, 9.17) is 28.4 Å². The maximum absolute atomic E-state index is 14.4. The van der Waals surface area contributed by atoms with Crippen LogP contribution in [0.15, 0.2) is 36.0 Å². The topological polar surface area (TPSA) is 184 Å². The number of methoxy groups -OCH3 is 3. The van der Waals surface area contributed by atoms with Crippen molar-refractivity contribution in [1.82, 2.24) is 4.90 Å². The predicted octanol–water partition coefficient (Wildman–Crippen LogP) is 5.99. The third-order valence-corrected chi connectivity index (χ3v) is 13.6. The molecular formula is C48H75NO13. The Morgan fingerprint density at radius 3 is 2.27 bits per heavy atom. The Balaban J connectivity index is 1.75. The third-order valence-electron chi connectivity index (χ3n) is 13.6. The minimum absolute atomic E-state index is 0.000584. The minimum Gasteiger partial charge on any atom is -0.460 e. The van der Waals surface area contributed by atoms with E-state index in [9.17, 15) is 34.2 Å². The maximum Gasteiger partial charge on any atom is 0.329 e. The first kappa shape index (κ1) is 51.4. The first-order chi connectivity index (χ1) is 29.4. The van der Waals surface area contributed by atoms with Crippen LogP contribution in [0.3, 0.4) is 0 Å². The number of carbonyl (C=O) groups excluding carboxylic acids is 5. The highest BCUT2D eigenvalue weighted by Gasteiger charge is 2.56. The second-order valence-corrected chi connectivity index (χ2v) is 18.5. The molecule has 14 nitrogen and oxygen atoms in total. The number of allylic oxidation sites excluding steroid dienone is 4. The van der Waals surface area contributed by atoms with Gasteiger partial charge < -0.3 is 43.5 Å². The molecule has 1 amide bonds. The van der Waals surface area contributed by atoms with Crippen molar-refractivity contribution >= 4 is 29.4 Å². The molecule has 4 aliphatic rings. The predicted molar refractivity (Wildman–Crippen MR) is 231 cm³/mol. The maximum atomic E-state index is 14.4. The fourth-order valence-corrected chi connectivity index (χ4v) is 9.97. The summed E-state index contributed by atoms with van der Waals surface area (Å²) < 4.78 is 35.9. The van der Waals surface area contributed by atoms with E-state index in [1.54, 1.807) is 27.0 Å². The number of ether oxygens (including phenoxy) is 6. The summed E-state index contributed by atoms with van der Waals surface area (Å²) in [7, 11) is 4.63. The van der Waals surface area contributed by atoms with Crippen molar-refractivity contribution in [3.63, 3.8) is 0 Å². The molecule has 1 saturated carbocycles. The van der Waals surface area contributed by atoms with Crippen LogP contribution in [-0.4, -0.2) is 127 Å². The highest BCUT2D eigenvalue weighted by Crippen LogP contribution is 2.39. The number of Topliss-reactive ketones (excluding diaryl/α,β-unsaturated/α-hetero) is 2. The van der Waals surface area contributed by atoms with Crippen LogP contribution in [-0.2, 0) is 52.4 Å². The molecular weight excluding hydrogens is 799 g/mol. The van der Waals surface area contributed by atoms with E-state index in [0.29, 0.717) is 69.8 Å². The van der Waals surface area contributed by atoms with E-state index in [1.165, 1.54) is 19.1 Å². The van der Waals surface area contributed by atoms with E-state index >= 15 is 0 Å². The lowest BCUT2D eigenvalue weighted by atomic mass is 9.81. The summed E-state index contributed by atoms with van der Waals surface area (Å²) in [5.41, 5.74) is 1.59. The summed E-state index contributed by atoms with van der Waals surface area (Å²) in [4.78, 5) is 70.6. The van der Waals surface area contributed by atoms with Gasteiger partial charge in [0.2, 0.25) is 5.79 Å². The number of nitrogens with zero attached hydrogens (tertiary/aromatic N) is 1. The average Bonchev–Trinajstić information content (AvgIpc) is 3.24. The molecule has 350 valence electrons. The number of hydrogen-bond acceptors (Lipinski definition) is 13. The lowest BCUT2D eigenvalue weighted by Gasteiger charge is -2.47. The Morgan fingerprint density at radius 1 is 0.952 bits per heavy atom. The van der Waals surface area contributed by atoms with Crippen molar-refractivity contribution in [2.24, 2.45) is 29.6 Å². The van der Waals surface area contributed by atoms with Crippen LogP contribution in [0.5, 0.6) is 0 Å². The number of amides is 1. The number of ketones is 2. The van der Waals surface area contributed by atoms with Gasteiger partial charge in [0.05, 0.1) is 24.4 Å². The van der Waals surface area contributed by atoms with Gasteiger partial charge in [0, 0.05) is 58.5 Å². The van der Waals surface area contributed by atoms with Gasteiger partial charge in [-0.3, -0.25) is 19.2 Å². The fourth-order valence-electron chi connectivity index (χ4n) is 9.97. The molecule has 62 heavy (non-hydrogen) atoms. The summed E-state index contributed by atoms with van der Waals surface area (Å²) in [6.45, 7) is 15.0. The van der Waals surface area contributed by atoms with Crippen LogP contribution in [0.1, 0.15) is 125 Å². The zero-order valence-corrected chi connectivity index (χ0v) is 38.7. The summed E-state index contributed by atoms with van der Waals surface area (Å²) in [5.74, 6) is -8.18. The second kappa shape index (κ2) is 23.6. The number of hydrogen-bond donors (Lipinski definition) is 2. The zero-order chi connectivity index (χ0) is 45.9. The Hall–Kier alpha value is -3.27. The highest BCUT2D eigenvalue weighted by atomic mass is 16.7. The second-order valence-electron chi connectivity index (χ2n) is 18.5. The van der Waals surface area contributed by atoms with Crippen LogP contribution < -0.4 is 0 Å². The Morgan fingerprint density at radius 2 is 1.63 bits per heavy atom. The number of rotatable bonds is 10. The Kier molecular flexibility index (Phi) is 19.6. The van der Waals surface area contributed by atoms with Gasteiger partial charge in [0.15, 0.2) is 0 Å². The molecule has 14 heteroatoms. The molecule has 3 aliphatic heterocycles. The van der Waals surface area contributed by atoms with Gasteiger partial charge in [-0.1, -0.05) is 51.5 Å². The molecule has 14 atom stereocenters. The molecule has 0 radical (unpaired) electrons. The van der Waals surface area contributed by atoms with E-state index in [-0.39, 0.29) is 55.5 Å². The van der Waals surface area contributed by atoms with E-state index < -0.39 is 83.9 Å². The van der Waals surface area contributed by atoms with Crippen molar-refractivity contribution < 1.29 is 62.6 Å². The van der Waals surface area contributed by atoms with Gasteiger partial charge in [-0.15, -0.1) is 6.58 Å². The molecule has 3 heterocycles. The quantitative estimate of drug-likeness (QED) is 0.148. The molecule has 2 N–H and O–H groups in total. The average molecular weight is 874 g/mol. The zero-order valence-electron chi connectivity index (χ0n) is 38.7. The molecule has 4 rings (SSSR count). The van der Waals surface area contributed by atoms with Gasteiger partial charge in [0.1, 0.15) is 30.1 Å². The van der Waals surface area contributed by atoms with Gasteiger partial charge in [-0.2, -0.15) is 0 Å². The molecule has 2 bridgehead atoms. The molecule has 0 aromatic rings. The number of aliphatic hydroxyl groups is 2. The molecule has 0 spiro atoms. The number of carbonyl (C=O) groups is 5. The van der Waals surface area contributed by atoms with Crippen molar-refractivity contribution in [2.45, 2.75) is 180 Å². The molecule has 2 saturated heterocycles. The summed E-state index contributed by atoms with van der Waals surface area (Å²) in [6.07, 6.45) is 5.99. The smallest absolute Gasteiger partial charge is 0.329 e.